The molecule has 0 bridgehead atoms. The fourth-order valence-corrected chi connectivity index (χ4v) is 2.91. The minimum atomic E-state index is -4.58. The quantitative estimate of drug-likeness (QED) is 0.912. The number of benzene rings is 1. The Morgan fingerprint density at radius 3 is 2.68 bits per heavy atom. The predicted molar refractivity (Wildman–Crippen MR) is 72.6 cm³/mol. The number of nitrogens with zero attached hydrogens (tertiary/aromatic N) is 2. The predicted octanol–water partition coefficient (Wildman–Crippen LogP) is 3.73. The van der Waals surface area contributed by atoms with E-state index in [1.54, 1.807) is 0 Å². The van der Waals surface area contributed by atoms with Crippen LogP contribution in [0, 0.1) is 0 Å². The molecule has 0 saturated heterocycles. The van der Waals surface area contributed by atoms with E-state index in [4.69, 9.17) is 16.7 Å². The minimum absolute atomic E-state index is 0.101. The number of halogens is 4. The number of hydrogen-bond donors (Lipinski definition) is 1. The molecule has 3 rings (SSSR count). The Hall–Kier alpha value is -2.02. The van der Waals surface area contributed by atoms with E-state index in [0.717, 1.165) is 18.6 Å². The normalized spacial score (nSPS) is 14.2. The third-order valence-electron chi connectivity index (χ3n) is 3.63. The van der Waals surface area contributed by atoms with Gasteiger partial charge in [-0.25, -0.2) is 9.48 Å². The lowest BCUT2D eigenvalue weighted by Gasteiger charge is -2.12. The number of hydrogen-bond acceptors (Lipinski definition) is 2. The molecule has 1 aliphatic carbocycles. The number of carboxylic acids is 1. The molecule has 0 spiro atoms. The van der Waals surface area contributed by atoms with Gasteiger partial charge in [-0.3, -0.25) is 0 Å². The first kappa shape index (κ1) is 14.9. The largest absolute Gasteiger partial charge is 0.476 e. The second kappa shape index (κ2) is 5.01. The molecule has 0 fully saturated rings. The number of rotatable bonds is 2. The van der Waals surface area contributed by atoms with Gasteiger partial charge in [0.25, 0.3) is 0 Å². The minimum Gasteiger partial charge on any atom is -0.476 e. The third kappa shape index (κ3) is 2.35. The average Bonchev–Trinajstić information content (AvgIpc) is 2.99. The van der Waals surface area contributed by atoms with Crippen molar-refractivity contribution in [1.82, 2.24) is 9.78 Å². The molecule has 2 aromatic rings. The highest BCUT2D eigenvalue weighted by Crippen LogP contribution is 2.36. The smallest absolute Gasteiger partial charge is 0.417 e. The third-order valence-corrected chi connectivity index (χ3v) is 3.96. The van der Waals surface area contributed by atoms with Gasteiger partial charge >= 0.3 is 12.1 Å². The Balaban J connectivity index is 2.17. The number of aromatic nitrogens is 2. The van der Waals surface area contributed by atoms with Crippen molar-refractivity contribution in [1.29, 1.82) is 0 Å². The van der Waals surface area contributed by atoms with Crippen molar-refractivity contribution in [3.63, 3.8) is 0 Å². The van der Waals surface area contributed by atoms with Crippen molar-refractivity contribution in [3.8, 4) is 5.69 Å². The summed E-state index contributed by atoms with van der Waals surface area (Å²) in [5, 5.41) is 12.7. The van der Waals surface area contributed by atoms with Crippen molar-refractivity contribution in [3.05, 3.63) is 45.7 Å². The van der Waals surface area contributed by atoms with E-state index in [-0.39, 0.29) is 11.4 Å². The molecule has 8 heteroatoms. The Morgan fingerprint density at radius 2 is 2.05 bits per heavy atom. The van der Waals surface area contributed by atoms with Crippen LogP contribution in [0.4, 0.5) is 13.2 Å². The van der Waals surface area contributed by atoms with Gasteiger partial charge in [0, 0.05) is 11.3 Å². The van der Waals surface area contributed by atoms with Gasteiger partial charge in [-0.05, 0) is 37.5 Å². The molecule has 116 valence electrons. The molecule has 0 unspecified atom stereocenters. The van der Waals surface area contributed by atoms with Crippen LogP contribution < -0.4 is 0 Å². The highest BCUT2D eigenvalue weighted by molar-refractivity contribution is 6.31. The maximum Gasteiger partial charge on any atom is 0.417 e. The second-order valence-corrected chi connectivity index (χ2v) is 5.41. The maximum atomic E-state index is 12.9. The average molecular weight is 331 g/mol. The summed E-state index contributed by atoms with van der Waals surface area (Å²) in [6, 6.07) is 3.43. The fourth-order valence-electron chi connectivity index (χ4n) is 2.68. The Bertz CT molecular complexity index is 768. The number of fused-ring (bicyclic) bond motifs is 1. The van der Waals surface area contributed by atoms with Crippen LogP contribution in [-0.2, 0) is 19.0 Å². The summed E-state index contributed by atoms with van der Waals surface area (Å²) in [5.41, 5.74) is 0.327. The summed E-state index contributed by atoms with van der Waals surface area (Å²) >= 11 is 5.60. The molecular formula is C14H10ClF3N2O2. The first-order valence-corrected chi connectivity index (χ1v) is 6.88. The van der Waals surface area contributed by atoms with E-state index in [1.165, 1.54) is 10.7 Å². The van der Waals surface area contributed by atoms with Gasteiger partial charge in [0.15, 0.2) is 5.69 Å². The second-order valence-electron chi connectivity index (χ2n) is 5.01. The molecule has 22 heavy (non-hydrogen) atoms. The van der Waals surface area contributed by atoms with E-state index >= 15 is 0 Å². The van der Waals surface area contributed by atoms with Crippen molar-refractivity contribution in [2.45, 2.75) is 25.4 Å². The monoisotopic (exact) mass is 330 g/mol. The van der Waals surface area contributed by atoms with Crippen LogP contribution in [0.25, 0.3) is 5.69 Å². The molecule has 1 aromatic heterocycles. The first-order chi connectivity index (χ1) is 10.3. The molecule has 0 radical (unpaired) electrons. The molecule has 1 aliphatic rings. The Morgan fingerprint density at radius 1 is 1.32 bits per heavy atom. The lowest BCUT2D eigenvalue weighted by atomic mass is 10.2. The summed E-state index contributed by atoms with van der Waals surface area (Å²) < 4.78 is 40.1. The summed E-state index contributed by atoms with van der Waals surface area (Å²) in [5.74, 6) is -1.18. The zero-order valence-corrected chi connectivity index (χ0v) is 11.9. The zero-order chi connectivity index (χ0) is 16.1. The van der Waals surface area contributed by atoms with Gasteiger partial charge < -0.3 is 5.11 Å². The van der Waals surface area contributed by atoms with Crippen LogP contribution in [0.15, 0.2) is 18.2 Å². The summed E-state index contributed by atoms with van der Waals surface area (Å²) in [6.45, 7) is 0. The molecule has 0 aliphatic heterocycles. The number of carboxylic acid groups (broad SMARTS) is 1. The first-order valence-electron chi connectivity index (χ1n) is 6.50. The molecular weight excluding hydrogens is 321 g/mol. The van der Waals surface area contributed by atoms with Crippen LogP contribution in [0.3, 0.4) is 0 Å². The highest BCUT2D eigenvalue weighted by atomic mass is 35.5. The summed E-state index contributed by atoms with van der Waals surface area (Å²) in [4.78, 5) is 11.2. The molecule has 1 heterocycles. The highest BCUT2D eigenvalue weighted by Gasteiger charge is 2.34. The Kier molecular flexibility index (Phi) is 3.40. The van der Waals surface area contributed by atoms with Gasteiger partial charge in [-0.1, -0.05) is 11.6 Å². The van der Waals surface area contributed by atoms with Gasteiger partial charge in [0.1, 0.15) is 0 Å². The van der Waals surface area contributed by atoms with E-state index in [2.05, 4.69) is 5.10 Å². The van der Waals surface area contributed by atoms with Crippen LogP contribution >= 0.6 is 11.6 Å². The van der Waals surface area contributed by atoms with Gasteiger partial charge in [0.05, 0.1) is 16.3 Å². The molecule has 1 N–H and O–H groups in total. The zero-order valence-electron chi connectivity index (χ0n) is 11.1. The number of aromatic carboxylic acids is 1. The van der Waals surface area contributed by atoms with Gasteiger partial charge in [-0.2, -0.15) is 18.3 Å². The van der Waals surface area contributed by atoms with Crippen molar-refractivity contribution < 1.29 is 23.1 Å². The molecule has 1 aromatic carbocycles. The number of carbonyl (C=O) groups is 1. The van der Waals surface area contributed by atoms with Gasteiger partial charge in [0.2, 0.25) is 0 Å². The van der Waals surface area contributed by atoms with Crippen molar-refractivity contribution >= 4 is 17.6 Å². The van der Waals surface area contributed by atoms with E-state index < -0.39 is 22.7 Å². The van der Waals surface area contributed by atoms with Crippen LogP contribution in [-0.4, -0.2) is 20.9 Å². The van der Waals surface area contributed by atoms with E-state index in [9.17, 15) is 18.0 Å². The van der Waals surface area contributed by atoms with Crippen molar-refractivity contribution in [2.24, 2.45) is 0 Å². The van der Waals surface area contributed by atoms with Crippen molar-refractivity contribution in [2.75, 3.05) is 0 Å². The van der Waals surface area contributed by atoms with Gasteiger partial charge in [-0.15, -0.1) is 0 Å². The maximum absolute atomic E-state index is 12.9. The van der Waals surface area contributed by atoms with Crippen LogP contribution in [0.1, 0.15) is 33.7 Å². The molecule has 0 amide bonds. The lowest BCUT2D eigenvalue weighted by Crippen LogP contribution is -2.09. The van der Waals surface area contributed by atoms with E-state index in [1.807, 2.05) is 0 Å². The molecule has 0 saturated carbocycles. The molecule has 4 nitrogen and oxygen atoms in total. The lowest BCUT2D eigenvalue weighted by molar-refractivity contribution is -0.137. The Labute approximate surface area is 128 Å². The van der Waals surface area contributed by atoms with Crippen LogP contribution in [0.5, 0.6) is 0 Å². The molecule has 0 atom stereocenters. The van der Waals surface area contributed by atoms with E-state index in [0.29, 0.717) is 24.1 Å². The number of alkyl halides is 3. The summed E-state index contributed by atoms with van der Waals surface area (Å²) in [6.07, 6.45) is -2.68. The fraction of sp³-hybridized carbons (Fsp3) is 0.286. The standard InChI is InChI=1S/C14H10ClF3N2O2/c15-10-5-4-7(6-9(10)14(16,17)18)20-11-3-1-2-8(11)12(19-20)13(21)22/h4-6H,1-3H2,(H,21,22). The summed E-state index contributed by atoms with van der Waals surface area (Å²) in [7, 11) is 0. The SMILES string of the molecule is O=C(O)c1nn(-c2ccc(Cl)c(C(F)(F)F)c2)c2c1CCC2. The topological polar surface area (TPSA) is 55.1 Å². The van der Waals surface area contributed by atoms with Crippen LogP contribution in [0.2, 0.25) is 5.02 Å².